The third-order valence-electron chi connectivity index (χ3n) is 1.91. The van der Waals surface area contributed by atoms with E-state index in [9.17, 15) is 4.79 Å². The van der Waals surface area contributed by atoms with Crippen LogP contribution in [0.2, 0.25) is 0 Å². The highest BCUT2D eigenvalue weighted by atomic mass is 16.5. The number of esters is 1. The molecule has 0 saturated heterocycles. The summed E-state index contributed by atoms with van der Waals surface area (Å²) in [6.45, 7) is 6.00. The van der Waals surface area contributed by atoms with Crippen molar-refractivity contribution in [3.63, 3.8) is 0 Å². The van der Waals surface area contributed by atoms with Crippen LogP contribution in [0.3, 0.4) is 0 Å². The van der Waals surface area contributed by atoms with Crippen LogP contribution in [0.15, 0.2) is 36.4 Å². The fourth-order valence-electron chi connectivity index (χ4n) is 1.02. The number of carbonyl (C=O) groups excluding carboxylic acids is 1. The van der Waals surface area contributed by atoms with Gasteiger partial charge in [-0.2, -0.15) is 0 Å². The highest BCUT2D eigenvalue weighted by molar-refractivity contribution is 5.89. The molecular formula is C12H15NO2. The van der Waals surface area contributed by atoms with Crippen molar-refractivity contribution in [2.75, 3.05) is 12.3 Å². The molecule has 0 radical (unpaired) electrons. The molecule has 0 spiro atoms. The zero-order valence-corrected chi connectivity index (χ0v) is 8.82. The van der Waals surface area contributed by atoms with Crippen molar-refractivity contribution in [1.29, 1.82) is 0 Å². The topological polar surface area (TPSA) is 52.3 Å². The molecule has 0 aliphatic carbocycles. The number of nitrogens with two attached hydrogens (primary N) is 1. The van der Waals surface area contributed by atoms with Crippen LogP contribution >= 0.6 is 0 Å². The van der Waals surface area contributed by atoms with E-state index in [-0.39, 0.29) is 5.97 Å². The minimum absolute atomic E-state index is 0.323. The second kappa shape index (κ2) is 5.20. The van der Waals surface area contributed by atoms with Gasteiger partial charge in [0.25, 0.3) is 0 Å². The predicted molar refractivity (Wildman–Crippen MR) is 60.6 cm³/mol. The number of hydrogen-bond donors (Lipinski definition) is 1. The molecule has 2 N–H and O–H groups in total. The SMILES string of the molecule is C=C(C)CCOC(=O)c1ccc(N)cc1. The minimum atomic E-state index is -0.323. The average molecular weight is 205 g/mol. The normalized spacial score (nSPS) is 9.67. The highest BCUT2D eigenvalue weighted by Gasteiger charge is 2.05. The van der Waals surface area contributed by atoms with Crippen molar-refractivity contribution in [2.45, 2.75) is 13.3 Å². The number of benzene rings is 1. The third kappa shape index (κ3) is 3.85. The van der Waals surface area contributed by atoms with Gasteiger partial charge >= 0.3 is 5.97 Å². The monoisotopic (exact) mass is 205 g/mol. The Bertz CT molecular complexity index is 354. The third-order valence-corrected chi connectivity index (χ3v) is 1.91. The Morgan fingerprint density at radius 2 is 2.00 bits per heavy atom. The highest BCUT2D eigenvalue weighted by Crippen LogP contribution is 2.07. The molecule has 15 heavy (non-hydrogen) atoms. The summed E-state index contributed by atoms with van der Waals surface area (Å²) in [5.41, 5.74) is 7.66. The Morgan fingerprint density at radius 3 is 2.53 bits per heavy atom. The average Bonchev–Trinajstić information content (AvgIpc) is 2.18. The number of nitrogen functional groups attached to an aromatic ring is 1. The molecular weight excluding hydrogens is 190 g/mol. The van der Waals surface area contributed by atoms with E-state index in [1.165, 1.54) is 0 Å². The van der Waals surface area contributed by atoms with E-state index >= 15 is 0 Å². The molecule has 0 unspecified atom stereocenters. The van der Waals surface area contributed by atoms with Crippen LogP contribution in [0.4, 0.5) is 5.69 Å². The lowest BCUT2D eigenvalue weighted by atomic mass is 10.2. The molecule has 3 heteroatoms. The fraction of sp³-hybridized carbons (Fsp3) is 0.250. The Labute approximate surface area is 89.5 Å². The molecule has 0 fully saturated rings. The van der Waals surface area contributed by atoms with Crippen LogP contribution in [0.5, 0.6) is 0 Å². The molecule has 0 saturated carbocycles. The zero-order valence-electron chi connectivity index (χ0n) is 8.82. The number of ether oxygens (including phenoxy) is 1. The first-order chi connectivity index (χ1) is 7.09. The molecule has 0 aliphatic heterocycles. The van der Waals surface area contributed by atoms with Crippen LogP contribution < -0.4 is 5.73 Å². The lowest BCUT2D eigenvalue weighted by Crippen LogP contribution is -2.06. The van der Waals surface area contributed by atoms with E-state index in [1.807, 2.05) is 6.92 Å². The number of anilines is 1. The quantitative estimate of drug-likeness (QED) is 0.466. The van der Waals surface area contributed by atoms with Gasteiger partial charge < -0.3 is 10.5 Å². The van der Waals surface area contributed by atoms with Crippen LogP contribution in [0.25, 0.3) is 0 Å². The number of hydrogen-bond acceptors (Lipinski definition) is 3. The van der Waals surface area contributed by atoms with Gasteiger partial charge in [-0.3, -0.25) is 0 Å². The predicted octanol–water partition coefficient (Wildman–Crippen LogP) is 2.39. The molecule has 0 amide bonds. The van der Waals surface area contributed by atoms with Gasteiger partial charge in [-0.1, -0.05) is 5.57 Å². The molecule has 0 aliphatic rings. The van der Waals surface area contributed by atoms with Crippen molar-refractivity contribution >= 4 is 11.7 Å². The van der Waals surface area contributed by atoms with Gasteiger partial charge in [-0.05, 0) is 31.2 Å². The molecule has 80 valence electrons. The summed E-state index contributed by atoms with van der Waals surface area (Å²) in [6.07, 6.45) is 0.695. The van der Waals surface area contributed by atoms with Gasteiger partial charge in [0.1, 0.15) is 0 Å². The Kier molecular flexibility index (Phi) is 3.92. The first-order valence-corrected chi connectivity index (χ1v) is 4.76. The first-order valence-electron chi connectivity index (χ1n) is 4.76. The summed E-state index contributed by atoms with van der Waals surface area (Å²) in [6, 6.07) is 6.65. The van der Waals surface area contributed by atoms with E-state index in [0.29, 0.717) is 24.3 Å². The van der Waals surface area contributed by atoms with E-state index in [4.69, 9.17) is 10.5 Å². The standard InChI is InChI=1S/C12H15NO2/c1-9(2)7-8-15-12(14)10-3-5-11(13)6-4-10/h3-6H,1,7-8,13H2,2H3. The summed E-state index contributed by atoms with van der Waals surface area (Å²) >= 11 is 0. The van der Waals surface area contributed by atoms with E-state index in [2.05, 4.69) is 6.58 Å². The van der Waals surface area contributed by atoms with Gasteiger partial charge in [-0.15, -0.1) is 6.58 Å². The molecule has 3 nitrogen and oxygen atoms in total. The maximum atomic E-state index is 11.4. The Balaban J connectivity index is 2.47. The summed E-state index contributed by atoms with van der Waals surface area (Å²) in [5, 5.41) is 0. The fourth-order valence-corrected chi connectivity index (χ4v) is 1.02. The van der Waals surface area contributed by atoms with Crippen LogP contribution in [-0.2, 0) is 4.74 Å². The van der Waals surface area contributed by atoms with Gasteiger partial charge in [-0.25, -0.2) is 4.79 Å². The lowest BCUT2D eigenvalue weighted by molar-refractivity contribution is 0.0509. The summed E-state index contributed by atoms with van der Waals surface area (Å²) < 4.78 is 5.04. The lowest BCUT2D eigenvalue weighted by Gasteiger charge is -2.04. The second-order valence-corrected chi connectivity index (χ2v) is 3.47. The smallest absolute Gasteiger partial charge is 0.338 e. The van der Waals surface area contributed by atoms with Crippen molar-refractivity contribution in [1.82, 2.24) is 0 Å². The molecule has 1 aromatic rings. The Hall–Kier alpha value is -1.77. The minimum Gasteiger partial charge on any atom is -0.462 e. The van der Waals surface area contributed by atoms with E-state index < -0.39 is 0 Å². The van der Waals surface area contributed by atoms with Crippen LogP contribution in [0, 0.1) is 0 Å². The maximum absolute atomic E-state index is 11.4. The first kappa shape index (κ1) is 11.3. The molecule has 0 heterocycles. The summed E-state index contributed by atoms with van der Waals surface area (Å²) in [7, 11) is 0. The summed E-state index contributed by atoms with van der Waals surface area (Å²) in [5.74, 6) is -0.323. The van der Waals surface area contributed by atoms with Crippen molar-refractivity contribution in [3.8, 4) is 0 Å². The summed E-state index contributed by atoms with van der Waals surface area (Å²) in [4.78, 5) is 11.4. The van der Waals surface area contributed by atoms with Gasteiger partial charge in [0.15, 0.2) is 0 Å². The number of rotatable bonds is 4. The van der Waals surface area contributed by atoms with Crippen molar-refractivity contribution < 1.29 is 9.53 Å². The van der Waals surface area contributed by atoms with E-state index in [0.717, 1.165) is 5.57 Å². The largest absolute Gasteiger partial charge is 0.462 e. The van der Waals surface area contributed by atoms with Gasteiger partial charge in [0.05, 0.1) is 12.2 Å². The van der Waals surface area contributed by atoms with Crippen LogP contribution in [0.1, 0.15) is 23.7 Å². The van der Waals surface area contributed by atoms with Gasteiger partial charge in [0, 0.05) is 12.1 Å². The molecule has 1 aromatic carbocycles. The molecule has 0 bridgehead atoms. The molecule has 1 rings (SSSR count). The van der Waals surface area contributed by atoms with Gasteiger partial charge in [0.2, 0.25) is 0 Å². The van der Waals surface area contributed by atoms with Crippen molar-refractivity contribution in [2.24, 2.45) is 0 Å². The maximum Gasteiger partial charge on any atom is 0.338 e. The van der Waals surface area contributed by atoms with E-state index in [1.54, 1.807) is 24.3 Å². The zero-order chi connectivity index (χ0) is 11.3. The Morgan fingerprint density at radius 1 is 1.40 bits per heavy atom. The number of carbonyl (C=O) groups is 1. The van der Waals surface area contributed by atoms with Crippen LogP contribution in [-0.4, -0.2) is 12.6 Å². The second-order valence-electron chi connectivity index (χ2n) is 3.47. The molecule has 0 atom stereocenters. The molecule has 0 aromatic heterocycles. The van der Waals surface area contributed by atoms with Crippen molar-refractivity contribution in [3.05, 3.63) is 42.0 Å².